The van der Waals surface area contributed by atoms with Gasteiger partial charge in [-0.15, -0.1) is 0 Å². The van der Waals surface area contributed by atoms with Gasteiger partial charge in [-0.1, -0.05) is 6.07 Å². The van der Waals surface area contributed by atoms with E-state index in [0.29, 0.717) is 28.3 Å². The van der Waals surface area contributed by atoms with E-state index in [1.54, 1.807) is 36.6 Å². The molecule has 35 heavy (non-hydrogen) atoms. The van der Waals surface area contributed by atoms with Crippen molar-refractivity contribution >= 4 is 27.0 Å². The second kappa shape index (κ2) is 8.12. The number of carbonyl (C=O) groups is 1. The number of aryl methyl sites for hydroxylation is 1. The highest BCUT2D eigenvalue weighted by molar-refractivity contribution is 7.91. The summed E-state index contributed by atoms with van der Waals surface area (Å²) in [5, 5.41) is 0.104. The second-order valence-corrected chi connectivity index (χ2v) is 10.5. The molecule has 0 saturated heterocycles. The highest BCUT2D eigenvalue weighted by Gasteiger charge is 2.34. The van der Waals surface area contributed by atoms with Crippen molar-refractivity contribution in [2.45, 2.75) is 31.5 Å². The van der Waals surface area contributed by atoms with E-state index < -0.39 is 27.5 Å². The third kappa shape index (κ3) is 3.91. The summed E-state index contributed by atoms with van der Waals surface area (Å²) in [6.45, 7) is 3.37. The number of nitrogens with one attached hydrogen (secondary N) is 1. The Bertz CT molecular complexity index is 1600. The van der Waals surface area contributed by atoms with Crippen LogP contribution in [0.15, 0.2) is 53.8 Å². The predicted octanol–water partition coefficient (Wildman–Crippen LogP) is 4.33. The first kappa shape index (κ1) is 22.9. The van der Waals surface area contributed by atoms with Gasteiger partial charge in [0.2, 0.25) is 0 Å². The molecule has 1 aliphatic heterocycles. The van der Waals surface area contributed by atoms with E-state index in [1.165, 1.54) is 41.6 Å². The molecule has 4 aromatic rings. The van der Waals surface area contributed by atoms with Gasteiger partial charge in [0.25, 0.3) is 5.91 Å². The van der Waals surface area contributed by atoms with Crippen molar-refractivity contribution in [1.82, 2.24) is 14.4 Å². The summed E-state index contributed by atoms with van der Waals surface area (Å²) in [5.41, 5.74) is 2.50. The third-order valence-electron chi connectivity index (χ3n) is 5.91. The number of rotatable bonds is 4. The van der Waals surface area contributed by atoms with Gasteiger partial charge in [-0.05, 0) is 38.1 Å². The van der Waals surface area contributed by atoms with Crippen molar-refractivity contribution in [2.24, 2.45) is 0 Å². The van der Waals surface area contributed by atoms with Crippen molar-refractivity contribution in [3.05, 3.63) is 71.8 Å². The van der Waals surface area contributed by atoms with E-state index in [9.17, 15) is 17.8 Å². The lowest BCUT2D eigenvalue weighted by Gasteiger charge is -2.33. The molecule has 0 aliphatic carbocycles. The van der Waals surface area contributed by atoms with Crippen LogP contribution in [0.3, 0.4) is 0 Å². The zero-order valence-electron chi connectivity index (χ0n) is 19.1. The molecular weight excluding hydrogens is 476 g/mol. The van der Waals surface area contributed by atoms with Gasteiger partial charge in [-0.3, -0.25) is 9.69 Å². The van der Waals surface area contributed by atoms with Gasteiger partial charge in [0.1, 0.15) is 16.5 Å². The first-order valence-electron chi connectivity index (χ1n) is 10.7. The van der Waals surface area contributed by atoms with Gasteiger partial charge >= 0.3 is 0 Å². The van der Waals surface area contributed by atoms with Crippen molar-refractivity contribution in [3.8, 4) is 16.9 Å². The number of aromatic nitrogens is 3. The maximum Gasteiger partial charge on any atom is 0.268 e. The molecule has 1 aliphatic rings. The molecule has 8 nitrogen and oxygen atoms in total. The number of fused-ring (bicyclic) bond motifs is 2. The molecule has 4 heterocycles. The average Bonchev–Trinajstić information content (AvgIpc) is 3.10. The number of imidazole rings is 1. The van der Waals surface area contributed by atoms with Crippen molar-refractivity contribution in [1.29, 1.82) is 4.78 Å². The molecule has 2 atom stereocenters. The quantitative estimate of drug-likeness (QED) is 0.452. The summed E-state index contributed by atoms with van der Waals surface area (Å²) in [7, 11) is -3.00. The maximum atomic E-state index is 15.0. The normalized spacial score (nSPS) is 17.2. The Balaban J connectivity index is 1.60. The zero-order valence-corrected chi connectivity index (χ0v) is 19.9. The van der Waals surface area contributed by atoms with Crippen LogP contribution in [0, 0.1) is 23.3 Å². The Morgan fingerprint density at radius 2 is 1.97 bits per heavy atom. The van der Waals surface area contributed by atoms with Gasteiger partial charge in [0.05, 0.1) is 33.3 Å². The molecule has 0 saturated carbocycles. The third-order valence-corrected chi connectivity index (χ3v) is 6.95. The van der Waals surface area contributed by atoms with E-state index in [2.05, 4.69) is 9.97 Å². The Morgan fingerprint density at radius 3 is 2.66 bits per heavy atom. The molecule has 180 valence electrons. The van der Waals surface area contributed by atoms with E-state index >= 15 is 0 Å². The Hall–Kier alpha value is -3.86. The maximum absolute atomic E-state index is 15.0. The fourth-order valence-electron chi connectivity index (χ4n) is 4.11. The smallest absolute Gasteiger partial charge is 0.268 e. The minimum atomic E-state index is -3.00. The lowest BCUT2D eigenvalue weighted by molar-refractivity contribution is -0.125. The summed E-state index contributed by atoms with van der Waals surface area (Å²) < 4.78 is 56.1. The van der Waals surface area contributed by atoms with Crippen molar-refractivity contribution < 1.29 is 22.5 Å². The first-order valence-corrected chi connectivity index (χ1v) is 12.6. The number of carbonyl (C=O) groups excluding carboxylic acids is 1. The highest BCUT2D eigenvalue weighted by atomic mass is 32.2. The van der Waals surface area contributed by atoms with E-state index in [1.807, 2.05) is 0 Å². The van der Waals surface area contributed by atoms with Crippen LogP contribution >= 0.6 is 0 Å². The minimum Gasteiger partial charge on any atom is -0.476 e. The Morgan fingerprint density at radius 1 is 1.20 bits per heavy atom. The first-order chi connectivity index (χ1) is 16.5. The largest absolute Gasteiger partial charge is 0.476 e. The van der Waals surface area contributed by atoms with Gasteiger partial charge in [0.15, 0.2) is 17.7 Å². The molecule has 1 aromatic carbocycles. The molecule has 3 aromatic heterocycles. The molecule has 0 radical (unpaired) electrons. The molecule has 5 rings (SSSR count). The summed E-state index contributed by atoms with van der Waals surface area (Å²) in [6, 6.07) is 8.66. The molecule has 1 unspecified atom stereocenters. The van der Waals surface area contributed by atoms with E-state index in [0.717, 1.165) is 0 Å². The molecular formula is C24H21F2N5O3S. The van der Waals surface area contributed by atoms with Crippen LogP contribution in [0.4, 0.5) is 14.5 Å². The number of hydrogen-bond acceptors (Lipinski definition) is 6. The summed E-state index contributed by atoms with van der Waals surface area (Å²) in [6.07, 6.45) is 3.32. The monoisotopic (exact) mass is 497 g/mol. The number of ether oxygens (including phenoxy) is 1. The summed E-state index contributed by atoms with van der Waals surface area (Å²) in [4.78, 5) is 22.9. The fraction of sp³-hybridized carbons (Fsp3) is 0.208. The van der Waals surface area contributed by atoms with Gasteiger partial charge < -0.3 is 9.14 Å². The van der Waals surface area contributed by atoms with Gasteiger partial charge in [0, 0.05) is 35.8 Å². The molecule has 0 fully saturated rings. The number of benzene rings is 1. The van der Waals surface area contributed by atoms with Crippen molar-refractivity contribution in [3.63, 3.8) is 0 Å². The lowest BCUT2D eigenvalue weighted by atomic mass is 10.1. The van der Waals surface area contributed by atoms with Crippen LogP contribution in [0.1, 0.15) is 18.3 Å². The minimum absolute atomic E-state index is 0.00543. The SMILES string of the molecule is Cc1nc2cc(F)c(-c3ccc(S(C)(=N)=O)nc3)cn2c1CN1C(=O)[C@H](C)Oc2c(F)cccc21. The van der Waals surface area contributed by atoms with Crippen LogP contribution in [-0.4, -0.2) is 36.8 Å². The molecule has 1 amide bonds. The topological polar surface area (TPSA) is 101 Å². The Kier molecular flexibility index (Phi) is 5.32. The highest BCUT2D eigenvalue weighted by Crippen LogP contribution is 2.37. The molecule has 0 spiro atoms. The number of hydrogen-bond donors (Lipinski definition) is 1. The predicted molar refractivity (Wildman–Crippen MR) is 126 cm³/mol. The van der Waals surface area contributed by atoms with Crippen LogP contribution in [-0.2, 0) is 21.1 Å². The lowest BCUT2D eigenvalue weighted by Crippen LogP contribution is -2.44. The number of amides is 1. The number of nitrogens with zero attached hydrogens (tertiary/aromatic N) is 4. The molecule has 0 bridgehead atoms. The Labute approximate surface area is 200 Å². The number of halogens is 2. The number of pyridine rings is 2. The van der Waals surface area contributed by atoms with Gasteiger partial charge in [-0.2, -0.15) is 0 Å². The van der Waals surface area contributed by atoms with Crippen LogP contribution in [0.2, 0.25) is 0 Å². The fourth-order valence-corrected chi connectivity index (χ4v) is 4.69. The van der Waals surface area contributed by atoms with Crippen LogP contribution in [0.25, 0.3) is 16.8 Å². The summed E-state index contributed by atoms with van der Waals surface area (Å²) in [5.74, 6) is -1.43. The average molecular weight is 498 g/mol. The number of anilines is 1. The van der Waals surface area contributed by atoms with Crippen LogP contribution < -0.4 is 9.64 Å². The molecule has 11 heteroatoms. The van der Waals surface area contributed by atoms with E-state index in [-0.39, 0.29) is 28.8 Å². The zero-order chi connectivity index (χ0) is 25.1. The van der Waals surface area contributed by atoms with Crippen LogP contribution in [0.5, 0.6) is 5.75 Å². The van der Waals surface area contributed by atoms with E-state index in [4.69, 9.17) is 9.52 Å². The molecule has 1 N–H and O–H groups in total. The standard InChI is InChI=1S/C24H21F2N5O3S/c1-13-20(12-31-19-6-4-5-17(25)23(19)34-14(2)24(31)32)30-11-16(18(26)9-21(30)29-13)15-7-8-22(28-10-15)35(3,27)33/h4-11,14,27H,12H2,1-3H3/t14-,35?/m0/s1. The second-order valence-electron chi connectivity index (χ2n) is 8.41. The van der Waals surface area contributed by atoms with Crippen molar-refractivity contribution in [2.75, 3.05) is 11.2 Å². The summed E-state index contributed by atoms with van der Waals surface area (Å²) >= 11 is 0. The number of para-hydroxylation sites is 1. The van der Waals surface area contributed by atoms with Gasteiger partial charge in [-0.25, -0.2) is 27.7 Å².